The Morgan fingerprint density at radius 3 is 2.40 bits per heavy atom. The van der Waals surface area contributed by atoms with E-state index in [-0.39, 0.29) is 0 Å². The summed E-state index contributed by atoms with van der Waals surface area (Å²) in [6.45, 7) is 0. The van der Waals surface area contributed by atoms with Crippen molar-refractivity contribution in [2.45, 2.75) is 0 Å². The van der Waals surface area contributed by atoms with Crippen LogP contribution in [0.3, 0.4) is 0 Å². The average molecular weight is 156 g/mol. The first-order valence-electron chi connectivity index (χ1n) is 2.90. The molecule has 0 saturated carbocycles. The molecular weight excluding hydrogens is 147 g/mol. The van der Waals surface area contributed by atoms with Gasteiger partial charge >= 0.3 is 0 Å². The van der Waals surface area contributed by atoms with Crippen molar-refractivity contribution in [3.8, 4) is 0 Å². The molecule has 1 rings (SSSR count). The molecule has 0 spiro atoms. The van der Waals surface area contributed by atoms with Crippen molar-refractivity contribution >= 4 is 13.8 Å². The van der Waals surface area contributed by atoms with Crippen molar-refractivity contribution < 1.29 is 4.57 Å². The molecule has 10 heavy (non-hydrogen) atoms. The second-order valence-corrected chi connectivity index (χ2v) is 2.83. The van der Waals surface area contributed by atoms with Gasteiger partial charge in [0.25, 0.3) is 0 Å². The van der Waals surface area contributed by atoms with Gasteiger partial charge in [-0.25, -0.2) is 0 Å². The third-order valence-electron chi connectivity index (χ3n) is 1.04. The van der Waals surface area contributed by atoms with Crippen LogP contribution in [0.15, 0.2) is 30.3 Å². The van der Waals surface area contributed by atoms with E-state index in [1.807, 2.05) is 30.3 Å². The van der Waals surface area contributed by atoms with Crippen LogP contribution in [0, 0.1) is 0 Å². The van der Waals surface area contributed by atoms with Crippen LogP contribution in [0.5, 0.6) is 0 Å². The fourth-order valence-electron chi connectivity index (χ4n) is 0.664. The second-order valence-electron chi connectivity index (χ2n) is 1.86. The minimum atomic E-state index is -2.09. The van der Waals surface area contributed by atoms with Gasteiger partial charge in [0.2, 0.25) is 8.10 Å². The lowest BCUT2D eigenvalue weighted by Gasteiger charge is -1.99. The van der Waals surface area contributed by atoms with Gasteiger partial charge in [0.15, 0.2) is 0 Å². The maximum absolute atomic E-state index is 10.5. The van der Waals surface area contributed by atoms with Crippen LogP contribution in [0.2, 0.25) is 0 Å². The molecule has 0 fully saturated rings. The van der Waals surface area contributed by atoms with Gasteiger partial charge < -0.3 is 5.09 Å². The quantitative estimate of drug-likeness (QED) is 0.637. The Labute approximate surface area is 60.1 Å². The molecule has 3 N–H and O–H groups in total. The zero-order valence-corrected chi connectivity index (χ0v) is 6.37. The molecule has 0 amide bonds. The van der Waals surface area contributed by atoms with E-state index in [1.165, 1.54) is 0 Å². The molecule has 1 aromatic carbocycles. The Balaban J connectivity index is 2.67. The highest BCUT2D eigenvalue weighted by Crippen LogP contribution is 2.14. The molecule has 4 heteroatoms. The molecule has 0 aromatic heterocycles. The Morgan fingerprint density at radius 1 is 1.30 bits per heavy atom. The summed E-state index contributed by atoms with van der Waals surface area (Å²) in [6, 6.07) is 9.23. The number of para-hydroxylation sites is 1. The Bertz CT molecular complexity index is 224. The second kappa shape index (κ2) is 3.40. The van der Waals surface area contributed by atoms with Crippen LogP contribution < -0.4 is 10.6 Å². The van der Waals surface area contributed by atoms with Crippen molar-refractivity contribution in [1.82, 2.24) is 0 Å². The van der Waals surface area contributed by atoms with Crippen LogP contribution in [-0.4, -0.2) is 0 Å². The van der Waals surface area contributed by atoms with Gasteiger partial charge in [0.05, 0.1) is 0 Å². The van der Waals surface area contributed by atoms with E-state index in [0.717, 1.165) is 5.69 Å². The summed E-state index contributed by atoms with van der Waals surface area (Å²) in [5.41, 5.74) is 5.86. The predicted molar refractivity (Wildman–Crippen MR) is 43.3 cm³/mol. The fraction of sp³-hybridized carbons (Fsp3) is 0. The largest absolute Gasteiger partial charge is 0.327 e. The number of hydrogen-bond acceptors (Lipinski definition) is 1. The normalized spacial score (nSPS) is 12.5. The topological polar surface area (TPSA) is 55.1 Å². The smallest absolute Gasteiger partial charge is 0.220 e. The Morgan fingerprint density at radius 2 is 1.90 bits per heavy atom. The molecule has 54 valence electrons. The van der Waals surface area contributed by atoms with Gasteiger partial charge in [-0.1, -0.05) is 18.2 Å². The molecule has 0 heterocycles. The van der Waals surface area contributed by atoms with E-state index >= 15 is 0 Å². The van der Waals surface area contributed by atoms with Gasteiger partial charge in [-0.3, -0.25) is 10.1 Å². The first kappa shape index (κ1) is 7.32. The minimum Gasteiger partial charge on any atom is -0.327 e. The van der Waals surface area contributed by atoms with E-state index in [4.69, 9.17) is 5.50 Å². The number of anilines is 1. The van der Waals surface area contributed by atoms with E-state index in [9.17, 15) is 4.57 Å². The highest BCUT2D eigenvalue weighted by molar-refractivity contribution is 7.43. The van der Waals surface area contributed by atoms with Gasteiger partial charge in [-0.15, -0.1) is 0 Å². The molecule has 0 aliphatic rings. The zero-order chi connectivity index (χ0) is 7.40. The molecule has 0 saturated heterocycles. The van der Waals surface area contributed by atoms with E-state index in [2.05, 4.69) is 5.09 Å². The van der Waals surface area contributed by atoms with Crippen LogP contribution in [0.4, 0.5) is 5.69 Å². The van der Waals surface area contributed by atoms with Crippen molar-refractivity contribution in [3.63, 3.8) is 0 Å². The molecule has 0 aliphatic heterocycles. The van der Waals surface area contributed by atoms with Crippen LogP contribution in [-0.2, 0) is 4.57 Å². The van der Waals surface area contributed by atoms with Gasteiger partial charge in [-0.2, -0.15) is 0 Å². The lowest BCUT2D eigenvalue weighted by atomic mass is 10.3. The first-order valence-corrected chi connectivity index (χ1v) is 4.39. The van der Waals surface area contributed by atoms with Gasteiger partial charge in [0, 0.05) is 5.69 Å². The summed E-state index contributed by atoms with van der Waals surface area (Å²) in [7, 11) is -2.09. The lowest BCUT2D eigenvalue weighted by Crippen LogP contribution is -1.91. The number of hydrogen-bond donors (Lipinski definition) is 2. The van der Waals surface area contributed by atoms with Crippen molar-refractivity contribution in [2.75, 3.05) is 5.09 Å². The van der Waals surface area contributed by atoms with Crippen LogP contribution in [0.25, 0.3) is 0 Å². The Hall–Kier alpha value is -0.790. The molecule has 0 bridgehead atoms. The third kappa shape index (κ3) is 2.21. The lowest BCUT2D eigenvalue weighted by molar-refractivity contribution is 0.591. The summed E-state index contributed by atoms with van der Waals surface area (Å²) in [5.74, 6) is 0. The summed E-state index contributed by atoms with van der Waals surface area (Å²) in [4.78, 5) is 0. The summed E-state index contributed by atoms with van der Waals surface area (Å²) in [6.07, 6.45) is 0. The predicted octanol–water partition coefficient (Wildman–Crippen LogP) is 1.45. The highest BCUT2D eigenvalue weighted by atomic mass is 31.1. The summed E-state index contributed by atoms with van der Waals surface area (Å²) >= 11 is 0. The van der Waals surface area contributed by atoms with Crippen molar-refractivity contribution in [2.24, 2.45) is 5.50 Å². The monoisotopic (exact) mass is 156 g/mol. The first-order chi connectivity index (χ1) is 4.79. The molecule has 1 aromatic rings. The molecule has 0 aliphatic carbocycles. The van der Waals surface area contributed by atoms with Crippen LogP contribution in [0.1, 0.15) is 0 Å². The van der Waals surface area contributed by atoms with Crippen molar-refractivity contribution in [3.05, 3.63) is 30.3 Å². The SMILES string of the molecule is N[PH](=O)Nc1ccccc1. The maximum Gasteiger partial charge on any atom is 0.220 e. The van der Waals surface area contributed by atoms with Gasteiger partial charge in [0.1, 0.15) is 0 Å². The molecule has 1 unspecified atom stereocenters. The standard InChI is InChI=1S/C6H9N2OP/c7-10(9)8-6-4-2-1-3-5-6/h1-5,10H,(H3,7,8,9). The maximum atomic E-state index is 10.5. The molecule has 3 nitrogen and oxygen atoms in total. The molecular formula is C6H9N2OP. The number of nitrogens with one attached hydrogen (secondary N) is 1. The van der Waals surface area contributed by atoms with E-state index < -0.39 is 8.10 Å². The number of benzene rings is 1. The molecule has 1 atom stereocenters. The number of nitrogens with two attached hydrogens (primary N) is 1. The zero-order valence-electron chi connectivity index (χ0n) is 5.37. The molecule has 0 radical (unpaired) electrons. The van der Waals surface area contributed by atoms with E-state index in [1.54, 1.807) is 0 Å². The third-order valence-corrected chi connectivity index (χ3v) is 1.58. The fourth-order valence-corrected chi connectivity index (χ4v) is 1.11. The average Bonchev–Trinajstić information content (AvgIpc) is 1.88. The van der Waals surface area contributed by atoms with Crippen molar-refractivity contribution in [1.29, 1.82) is 0 Å². The van der Waals surface area contributed by atoms with Gasteiger partial charge in [-0.05, 0) is 12.1 Å². The highest BCUT2D eigenvalue weighted by Gasteiger charge is 1.88. The summed E-state index contributed by atoms with van der Waals surface area (Å²) < 4.78 is 10.5. The Kier molecular flexibility index (Phi) is 2.49. The minimum absolute atomic E-state index is 0.800. The number of rotatable bonds is 2. The van der Waals surface area contributed by atoms with Crippen LogP contribution >= 0.6 is 8.10 Å². The summed E-state index contributed by atoms with van der Waals surface area (Å²) in [5, 5.41) is 2.63. The van der Waals surface area contributed by atoms with E-state index in [0.29, 0.717) is 0 Å².